The molecule has 1 amide bonds. The van der Waals surface area contributed by atoms with Gasteiger partial charge in [0.2, 0.25) is 5.91 Å². The number of ether oxygens (including phenoxy) is 1. The Morgan fingerprint density at radius 1 is 1.35 bits per heavy atom. The molecule has 1 atom stereocenters. The number of ketones is 1. The largest absolute Gasteiger partial charge is 0.497 e. The van der Waals surface area contributed by atoms with Crippen molar-refractivity contribution in [2.45, 2.75) is 25.7 Å². The van der Waals surface area contributed by atoms with Crippen molar-refractivity contribution in [2.75, 3.05) is 20.2 Å². The number of carbonyl (C=O) groups excluding carboxylic acids is 2. The van der Waals surface area contributed by atoms with Gasteiger partial charge in [0.05, 0.1) is 7.11 Å². The number of methoxy groups -OCH3 is 1. The Morgan fingerprint density at radius 2 is 2.10 bits per heavy atom. The van der Waals surface area contributed by atoms with Crippen LogP contribution in [0.5, 0.6) is 5.75 Å². The second kappa shape index (κ2) is 5.27. The minimum Gasteiger partial charge on any atom is -0.497 e. The van der Waals surface area contributed by atoms with Crippen molar-refractivity contribution in [3.8, 4) is 5.75 Å². The molecule has 1 fully saturated rings. The molecular weight excluding hydrogens is 254 g/mol. The van der Waals surface area contributed by atoms with Crippen LogP contribution < -0.4 is 4.74 Å². The summed E-state index contributed by atoms with van der Waals surface area (Å²) < 4.78 is 5.19. The summed E-state index contributed by atoms with van der Waals surface area (Å²) in [5.41, 5.74) is 1.76. The Labute approximate surface area is 118 Å². The minimum atomic E-state index is -0.190. The standard InChI is InChI=1S/C16H19NO3/c1-20-13-4-5-14-11(9-13)8-12(16(14)19)10-15(18)17-6-2-3-7-17/h4-5,9,12H,2-3,6-8,10H2,1H3. The monoisotopic (exact) mass is 273 g/mol. The van der Waals surface area contributed by atoms with Crippen LogP contribution >= 0.6 is 0 Å². The number of hydrogen-bond acceptors (Lipinski definition) is 3. The van der Waals surface area contributed by atoms with E-state index in [9.17, 15) is 9.59 Å². The minimum absolute atomic E-state index is 0.107. The quantitative estimate of drug-likeness (QED) is 0.847. The van der Waals surface area contributed by atoms with E-state index in [1.54, 1.807) is 13.2 Å². The Kier molecular flexibility index (Phi) is 3.47. The molecular formula is C16H19NO3. The van der Waals surface area contributed by atoms with Crippen molar-refractivity contribution in [2.24, 2.45) is 5.92 Å². The van der Waals surface area contributed by atoms with Gasteiger partial charge in [0.1, 0.15) is 5.75 Å². The SMILES string of the molecule is COc1ccc2c(c1)CC(CC(=O)N1CCCC1)C2=O. The fraction of sp³-hybridized carbons (Fsp3) is 0.500. The molecule has 0 aromatic heterocycles. The smallest absolute Gasteiger partial charge is 0.223 e. The van der Waals surface area contributed by atoms with Crippen molar-refractivity contribution in [1.82, 2.24) is 4.90 Å². The van der Waals surface area contributed by atoms with Gasteiger partial charge in [0.15, 0.2) is 5.78 Å². The molecule has 2 aliphatic rings. The first-order valence-electron chi connectivity index (χ1n) is 7.18. The van der Waals surface area contributed by atoms with Crippen LogP contribution in [0, 0.1) is 5.92 Å². The van der Waals surface area contributed by atoms with Gasteiger partial charge in [0.25, 0.3) is 0 Å². The first-order chi connectivity index (χ1) is 9.69. The molecule has 4 nitrogen and oxygen atoms in total. The topological polar surface area (TPSA) is 46.6 Å². The molecule has 1 saturated heterocycles. The predicted octanol–water partition coefficient (Wildman–Crippen LogP) is 2.06. The summed E-state index contributed by atoms with van der Waals surface area (Å²) >= 11 is 0. The molecule has 0 bridgehead atoms. The maximum Gasteiger partial charge on any atom is 0.223 e. The number of rotatable bonds is 3. The van der Waals surface area contributed by atoms with Gasteiger partial charge < -0.3 is 9.64 Å². The molecule has 0 spiro atoms. The zero-order valence-electron chi connectivity index (χ0n) is 11.7. The van der Waals surface area contributed by atoms with Gasteiger partial charge in [-0.2, -0.15) is 0 Å². The number of hydrogen-bond donors (Lipinski definition) is 0. The van der Waals surface area contributed by atoms with Gasteiger partial charge >= 0.3 is 0 Å². The van der Waals surface area contributed by atoms with Gasteiger partial charge in [-0.15, -0.1) is 0 Å². The van der Waals surface area contributed by atoms with Crippen molar-refractivity contribution in [3.05, 3.63) is 29.3 Å². The Morgan fingerprint density at radius 3 is 2.80 bits per heavy atom. The van der Waals surface area contributed by atoms with Crippen LogP contribution in [0.4, 0.5) is 0 Å². The highest BCUT2D eigenvalue weighted by molar-refractivity contribution is 6.04. The molecule has 4 heteroatoms. The molecule has 1 aromatic carbocycles. The molecule has 106 valence electrons. The maximum atomic E-state index is 12.3. The normalized spacial score (nSPS) is 21.1. The lowest BCUT2D eigenvalue weighted by molar-refractivity contribution is -0.130. The molecule has 1 unspecified atom stereocenters. The summed E-state index contributed by atoms with van der Waals surface area (Å²) in [6, 6.07) is 5.53. The summed E-state index contributed by atoms with van der Waals surface area (Å²) in [5.74, 6) is 0.809. The molecule has 1 heterocycles. The van der Waals surface area contributed by atoms with E-state index < -0.39 is 0 Å². The van der Waals surface area contributed by atoms with Crippen LogP contribution in [0.1, 0.15) is 35.2 Å². The maximum absolute atomic E-state index is 12.3. The first-order valence-corrected chi connectivity index (χ1v) is 7.18. The molecule has 0 radical (unpaired) electrons. The van der Waals surface area contributed by atoms with Crippen LogP contribution in [-0.4, -0.2) is 36.8 Å². The summed E-state index contributed by atoms with van der Waals surface area (Å²) in [7, 11) is 1.62. The highest BCUT2D eigenvalue weighted by Gasteiger charge is 2.33. The summed E-state index contributed by atoms with van der Waals surface area (Å²) in [4.78, 5) is 26.4. The van der Waals surface area contributed by atoms with Crippen LogP contribution in [0.2, 0.25) is 0 Å². The highest BCUT2D eigenvalue weighted by atomic mass is 16.5. The number of benzene rings is 1. The molecule has 20 heavy (non-hydrogen) atoms. The molecule has 3 rings (SSSR count). The lowest BCUT2D eigenvalue weighted by atomic mass is 10.0. The van der Waals surface area contributed by atoms with Crippen LogP contribution in [0.25, 0.3) is 0 Å². The molecule has 1 aliphatic heterocycles. The van der Waals surface area contributed by atoms with E-state index in [0.717, 1.165) is 42.8 Å². The van der Waals surface area contributed by atoms with Gasteiger partial charge in [-0.05, 0) is 43.0 Å². The van der Waals surface area contributed by atoms with Crippen LogP contribution in [0.15, 0.2) is 18.2 Å². The Bertz CT molecular complexity index is 547. The molecule has 0 saturated carbocycles. The lowest BCUT2D eigenvalue weighted by Gasteiger charge is -2.17. The van der Waals surface area contributed by atoms with E-state index >= 15 is 0 Å². The average molecular weight is 273 g/mol. The van der Waals surface area contributed by atoms with E-state index in [-0.39, 0.29) is 17.6 Å². The molecule has 1 aromatic rings. The average Bonchev–Trinajstić information content (AvgIpc) is 3.08. The zero-order valence-corrected chi connectivity index (χ0v) is 11.7. The van der Waals surface area contributed by atoms with Crippen molar-refractivity contribution in [1.29, 1.82) is 0 Å². The fourth-order valence-electron chi connectivity index (χ4n) is 3.16. The number of fused-ring (bicyclic) bond motifs is 1. The lowest BCUT2D eigenvalue weighted by Crippen LogP contribution is -2.30. The first kappa shape index (κ1) is 13.2. The number of Topliss-reactive ketones (excluding diaryl/α,β-unsaturated/α-hetero) is 1. The summed E-state index contributed by atoms with van der Waals surface area (Å²) in [5, 5.41) is 0. The van der Waals surface area contributed by atoms with Crippen molar-refractivity contribution >= 4 is 11.7 Å². The van der Waals surface area contributed by atoms with Crippen molar-refractivity contribution < 1.29 is 14.3 Å². The Balaban J connectivity index is 1.71. The van der Waals surface area contributed by atoms with Crippen LogP contribution in [-0.2, 0) is 11.2 Å². The van der Waals surface area contributed by atoms with Gasteiger partial charge in [-0.3, -0.25) is 9.59 Å². The number of nitrogens with zero attached hydrogens (tertiary/aromatic N) is 1. The van der Waals surface area contributed by atoms with E-state index in [1.807, 2.05) is 17.0 Å². The van der Waals surface area contributed by atoms with Crippen LogP contribution in [0.3, 0.4) is 0 Å². The summed E-state index contributed by atoms with van der Waals surface area (Å²) in [6.45, 7) is 1.70. The fourth-order valence-corrected chi connectivity index (χ4v) is 3.16. The summed E-state index contributed by atoms with van der Waals surface area (Å²) in [6.07, 6.45) is 3.17. The number of amides is 1. The van der Waals surface area contributed by atoms with E-state index in [2.05, 4.69) is 0 Å². The number of likely N-dealkylation sites (tertiary alicyclic amines) is 1. The van der Waals surface area contributed by atoms with E-state index in [0.29, 0.717) is 12.8 Å². The van der Waals surface area contributed by atoms with E-state index in [1.165, 1.54) is 0 Å². The Hall–Kier alpha value is -1.84. The molecule has 1 aliphatic carbocycles. The number of carbonyl (C=O) groups is 2. The third-order valence-electron chi connectivity index (χ3n) is 4.29. The second-order valence-electron chi connectivity index (χ2n) is 5.58. The predicted molar refractivity (Wildman–Crippen MR) is 74.9 cm³/mol. The van der Waals surface area contributed by atoms with Gasteiger partial charge in [0, 0.05) is 31.0 Å². The second-order valence-corrected chi connectivity index (χ2v) is 5.58. The van der Waals surface area contributed by atoms with E-state index in [4.69, 9.17) is 4.74 Å². The third kappa shape index (κ3) is 2.30. The third-order valence-corrected chi connectivity index (χ3v) is 4.29. The van der Waals surface area contributed by atoms with Gasteiger partial charge in [-0.25, -0.2) is 0 Å². The van der Waals surface area contributed by atoms with Gasteiger partial charge in [-0.1, -0.05) is 0 Å². The molecule has 0 N–H and O–H groups in total. The highest BCUT2D eigenvalue weighted by Crippen LogP contribution is 2.32. The zero-order chi connectivity index (χ0) is 14.1. The van der Waals surface area contributed by atoms with Crippen molar-refractivity contribution in [3.63, 3.8) is 0 Å².